The van der Waals surface area contributed by atoms with Gasteiger partial charge in [-0.2, -0.15) is 0 Å². The zero-order chi connectivity index (χ0) is 13.1. The Morgan fingerprint density at radius 1 is 1.39 bits per heavy atom. The molecular formula is C10H12BrN3S4. The van der Waals surface area contributed by atoms with Crippen LogP contribution in [0.25, 0.3) is 0 Å². The second-order valence-corrected chi connectivity index (χ2v) is 8.88. The number of rotatable bonds is 5. The van der Waals surface area contributed by atoms with Crippen molar-refractivity contribution in [1.82, 2.24) is 10.2 Å². The highest BCUT2D eigenvalue weighted by molar-refractivity contribution is 9.10. The van der Waals surface area contributed by atoms with Crippen LogP contribution in [0.15, 0.2) is 24.6 Å². The molecular weight excluding hydrogens is 370 g/mol. The number of aromatic nitrogens is 2. The second kappa shape index (κ2) is 6.71. The fraction of sp³-hybridized carbons (Fsp3) is 0.400. The van der Waals surface area contributed by atoms with Crippen LogP contribution >= 0.6 is 62.1 Å². The molecule has 2 aromatic rings. The summed E-state index contributed by atoms with van der Waals surface area (Å²) in [4.78, 5) is 1.27. The van der Waals surface area contributed by atoms with Gasteiger partial charge < -0.3 is 5.73 Å². The van der Waals surface area contributed by atoms with Gasteiger partial charge in [0.25, 0.3) is 0 Å². The lowest BCUT2D eigenvalue weighted by Gasteiger charge is -2.16. The third kappa shape index (κ3) is 3.71. The van der Waals surface area contributed by atoms with Gasteiger partial charge in [-0.15, -0.1) is 21.5 Å². The average Bonchev–Trinajstić information content (AvgIpc) is 2.94. The molecule has 8 heteroatoms. The molecule has 0 saturated heterocycles. The zero-order valence-corrected chi connectivity index (χ0v) is 14.6. The van der Waals surface area contributed by atoms with Gasteiger partial charge in [0.15, 0.2) is 8.68 Å². The topological polar surface area (TPSA) is 51.8 Å². The normalized spacial score (nSPS) is 14.7. The molecule has 2 N–H and O–H groups in total. The number of nitrogens with two attached hydrogens (primary N) is 1. The van der Waals surface area contributed by atoms with Crippen LogP contribution in [0.1, 0.15) is 17.1 Å². The average molecular weight is 382 g/mol. The molecule has 18 heavy (non-hydrogen) atoms. The van der Waals surface area contributed by atoms with Gasteiger partial charge in [0.2, 0.25) is 0 Å². The molecule has 0 amide bonds. The van der Waals surface area contributed by atoms with E-state index in [1.807, 2.05) is 13.2 Å². The van der Waals surface area contributed by atoms with Crippen molar-refractivity contribution >= 4 is 62.1 Å². The minimum atomic E-state index is 0.0715. The van der Waals surface area contributed by atoms with Crippen LogP contribution < -0.4 is 5.73 Å². The molecule has 0 aliphatic carbocycles. The number of hydrogen-bond donors (Lipinski definition) is 1. The summed E-state index contributed by atoms with van der Waals surface area (Å²) in [6, 6.07) is 2.20. The molecule has 2 atom stereocenters. The lowest BCUT2D eigenvalue weighted by molar-refractivity contribution is 0.729. The highest BCUT2D eigenvalue weighted by Crippen LogP contribution is 2.42. The number of nitrogens with zero attached hydrogens (tertiary/aromatic N) is 2. The minimum Gasteiger partial charge on any atom is -0.327 e. The first-order valence-electron chi connectivity index (χ1n) is 5.14. The van der Waals surface area contributed by atoms with Crippen LogP contribution in [0.2, 0.25) is 0 Å². The highest BCUT2D eigenvalue weighted by Gasteiger charge is 2.21. The van der Waals surface area contributed by atoms with E-state index in [2.05, 4.69) is 37.6 Å². The van der Waals surface area contributed by atoms with Gasteiger partial charge in [0, 0.05) is 20.8 Å². The van der Waals surface area contributed by atoms with Crippen molar-refractivity contribution in [3.8, 4) is 0 Å². The van der Waals surface area contributed by atoms with Crippen molar-refractivity contribution < 1.29 is 0 Å². The molecule has 0 fully saturated rings. The van der Waals surface area contributed by atoms with E-state index < -0.39 is 0 Å². The molecule has 0 radical (unpaired) electrons. The Balaban J connectivity index is 2.16. The van der Waals surface area contributed by atoms with E-state index in [0.717, 1.165) is 13.2 Å². The molecule has 2 rings (SSSR count). The van der Waals surface area contributed by atoms with Crippen LogP contribution in [-0.4, -0.2) is 22.5 Å². The molecule has 0 aromatic carbocycles. The van der Waals surface area contributed by atoms with Crippen LogP contribution in [0.4, 0.5) is 0 Å². The Labute approximate surface area is 131 Å². The maximum absolute atomic E-state index is 6.09. The summed E-state index contributed by atoms with van der Waals surface area (Å²) in [5.74, 6) is 0. The van der Waals surface area contributed by atoms with Crippen LogP contribution in [0, 0.1) is 0 Å². The van der Waals surface area contributed by atoms with E-state index in [1.165, 1.54) is 4.88 Å². The summed E-state index contributed by atoms with van der Waals surface area (Å²) in [7, 11) is 0. The summed E-state index contributed by atoms with van der Waals surface area (Å²) < 4.78 is 3.08. The van der Waals surface area contributed by atoms with Gasteiger partial charge >= 0.3 is 0 Å². The highest BCUT2D eigenvalue weighted by atomic mass is 79.9. The van der Waals surface area contributed by atoms with Gasteiger partial charge in [0.05, 0.1) is 5.25 Å². The quantitative estimate of drug-likeness (QED) is 0.783. The Hall–Kier alpha value is 0.400. The summed E-state index contributed by atoms with van der Waals surface area (Å²) in [5, 5.41) is 10.6. The molecule has 0 aliphatic heterocycles. The molecule has 0 spiro atoms. The van der Waals surface area contributed by atoms with E-state index in [1.54, 1.807) is 46.2 Å². The monoisotopic (exact) mass is 381 g/mol. The summed E-state index contributed by atoms with van der Waals surface area (Å²) >= 11 is 10.1. The van der Waals surface area contributed by atoms with E-state index in [-0.39, 0.29) is 11.3 Å². The van der Waals surface area contributed by atoms with Crippen molar-refractivity contribution in [2.45, 2.75) is 26.9 Å². The molecule has 2 aromatic heterocycles. The molecule has 0 bridgehead atoms. The van der Waals surface area contributed by atoms with Crippen LogP contribution in [-0.2, 0) is 0 Å². The Morgan fingerprint density at radius 3 is 2.61 bits per heavy atom. The van der Waals surface area contributed by atoms with Crippen LogP contribution in [0.3, 0.4) is 0 Å². The first kappa shape index (κ1) is 14.8. The van der Waals surface area contributed by atoms with Gasteiger partial charge in [-0.1, -0.05) is 34.9 Å². The summed E-state index contributed by atoms with van der Waals surface area (Å²) in [6.07, 6.45) is 2.01. The van der Waals surface area contributed by atoms with Gasteiger partial charge in [-0.05, 0) is 35.2 Å². The molecule has 3 nitrogen and oxygen atoms in total. The fourth-order valence-electron chi connectivity index (χ4n) is 1.34. The van der Waals surface area contributed by atoms with Crippen molar-refractivity contribution in [1.29, 1.82) is 0 Å². The lowest BCUT2D eigenvalue weighted by atomic mass is 10.2. The van der Waals surface area contributed by atoms with Crippen molar-refractivity contribution in [3.63, 3.8) is 0 Å². The van der Waals surface area contributed by atoms with Crippen molar-refractivity contribution in [2.75, 3.05) is 6.26 Å². The maximum Gasteiger partial charge on any atom is 0.175 e. The second-order valence-electron chi connectivity index (χ2n) is 3.60. The first-order valence-corrected chi connectivity index (χ1v) is 9.73. The Kier molecular flexibility index (Phi) is 5.52. The predicted octanol–water partition coefficient (Wildman–Crippen LogP) is 4.26. The van der Waals surface area contributed by atoms with E-state index in [4.69, 9.17) is 5.73 Å². The van der Waals surface area contributed by atoms with Gasteiger partial charge in [-0.3, -0.25) is 0 Å². The molecule has 2 unspecified atom stereocenters. The zero-order valence-electron chi connectivity index (χ0n) is 9.79. The maximum atomic E-state index is 6.09. The smallest absolute Gasteiger partial charge is 0.175 e. The predicted molar refractivity (Wildman–Crippen MR) is 86.0 cm³/mol. The minimum absolute atomic E-state index is 0.0715. The van der Waals surface area contributed by atoms with Crippen molar-refractivity contribution in [2.24, 2.45) is 5.73 Å². The molecule has 98 valence electrons. The summed E-state index contributed by atoms with van der Waals surface area (Å²) in [5.41, 5.74) is 6.09. The third-order valence-corrected chi connectivity index (χ3v) is 7.51. The lowest BCUT2D eigenvalue weighted by Crippen LogP contribution is -2.21. The fourth-order valence-corrected chi connectivity index (χ4v) is 5.80. The van der Waals surface area contributed by atoms with Gasteiger partial charge in [0.1, 0.15) is 0 Å². The standard InChI is InChI=1S/C10H12BrN3S4/c1-5(12)8(7-3-6(11)4-16-7)17-10-14-13-9(15-2)18-10/h3-5,8H,12H2,1-2H3. The first-order chi connectivity index (χ1) is 8.60. The van der Waals surface area contributed by atoms with Gasteiger partial charge in [-0.25, -0.2) is 0 Å². The number of thioether (sulfide) groups is 2. The van der Waals surface area contributed by atoms with E-state index in [9.17, 15) is 0 Å². The largest absolute Gasteiger partial charge is 0.327 e. The Morgan fingerprint density at radius 2 is 2.11 bits per heavy atom. The van der Waals surface area contributed by atoms with E-state index >= 15 is 0 Å². The number of hydrogen-bond acceptors (Lipinski definition) is 7. The molecule has 0 aliphatic rings. The molecule has 0 saturated carbocycles. The third-order valence-electron chi connectivity index (χ3n) is 2.14. The number of thiophene rings is 1. The summed E-state index contributed by atoms with van der Waals surface area (Å²) in [6.45, 7) is 2.03. The van der Waals surface area contributed by atoms with Crippen LogP contribution in [0.5, 0.6) is 0 Å². The molecule has 2 heterocycles. The van der Waals surface area contributed by atoms with Crippen molar-refractivity contribution in [3.05, 3.63) is 20.8 Å². The Bertz CT molecular complexity index is 511. The van der Waals surface area contributed by atoms with E-state index in [0.29, 0.717) is 0 Å². The SMILES string of the molecule is CSc1nnc(SC(c2cc(Br)cs2)C(C)N)s1. The number of halogens is 1.